The van der Waals surface area contributed by atoms with Crippen molar-refractivity contribution >= 4 is 11.9 Å². The topological polar surface area (TPSA) is 57.6 Å². The summed E-state index contributed by atoms with van der Waals surface area (Å²) in [6.45, 7) is 0.870. The van der Waals surface area contributed by atoms with Crippen LogP contribution in [0.15, 0.2) is 24.3 Å². The first-order valence-corrected chi connectivity index (χ1v) is 6.32. The highest BCUT2D eigenvalue weighted by molar-refractivity contribution is 5.79. The van der Waals surface area contributed by atoms with Gasteiger partial charge in [-0.25, -0.2) is 4.39 Å². The average Bonchev–Trinajstić information content (AvgIpc) is 2.41. The first-order chi connectivity index (χ1) is 9.08. The van der Waals surface area contributed by atoms with Crippen LogP contribution in [0.4, 0.5) is 4.39 Å². The number of amides is 1. The number of piperidine rings is 1. The van der Waals surface area contributed by atoms with E-state index < -0.39 is 5.97 Å². The van der Waals surface area contributed by atoms with E-state index in [2.05, 4.69) is 0 Å². The summed E-state index contributed by atoms with van der Waals surface area (Å²) >= 11 is 0. The third-order valence-corrected chi connectivity index (χ3v) is 3.50. The Bertz CT molecular complexity index is 481. The summed E-state index contributed by atoms with van der Waals surface area (Å²) in [6, 6.07) is 6.21. The highest BCUT2D eigenvalue weighted by Gasteiger charge is 2.27. The van der Waals surface area contributed by atoms with Gasteiger partial charge >= 0.3 is 5.97 Å². The molecule has 0 unspecified atom stereocenters. The molecule has 0 spiro atoms. The average molecular weight is 265 g/mol. The van der Waals surface area contributed by atoms with Crippen molar-refractivity contribution in [3.63, 3.8) is 0 Å². The number of halogens is 1. The largest absolute Gasteiger partial charge is 0.481 e. The molecule has 1 aliphatic heterocycles. The molecule has 4 nitrogen and oxygen atoms in total. The van der Waals surface area contributed by atoms with Crippen molar-refractivity contribution in [2.75, 3.05) is 13.1 Å². The zero-order valence-corrected chi connectivity index (χ0v) is 10.5. The Balaban J connectivity index is 1.92. The van der Waals surface area contributed by atoms with E-state index in [1.165, 1.54) is 6.07 Å². The Morgan fingerprint density at radius 2 is 1.89 bits per heavy atom. The molecule has 1 saturated heterocycles. The van der Waals surface area contributed by atoms with Crippen LogP contribution in [-0.4, -0.2) is 35.0 Å². The molecule has 0 bridgehead atoms. The molecule has 1 amide bonds. The number of likely N-dealkylation sites (tertiary alicyclic amines) is 1. The van der Waals surface area contributed by atoms with E-state index in [4.69, 9.17) is 5.11 Å². The van der Waals surface area contributed by atoms with Gasteiger partial charge in [0.2, 0.25) is 5.91 Å². The summed E-state index contributed by atoms with van der Waals surface area (Å²) in [6.07, 6.45) is 0.973. The molecule has 19 heavy (non-hydrogen) atoms. The monoisotopic (exact) mass is 265 g/mol. The lowest BCUT2D eigenvalue weighted by Gasteiger charge is -2.30. The van der Waals surface area contributed by atoms with Gasteiger partial charge in [0.25, 0.3) is 0 Å². The van der Waals surface area contributed by atoms with E-state index in [0.29, 0.717) is 31.5 Å². The van der Waals surface area contributed by atoms with Crippen LogP contribution in [0.25, 0.3) is 0 Å². The van der Waals surface area contributed by atoms with Gasteiger partial charge < -0.3 is 10.0 Å². The number of carbonyl (C=O) groups excluding carboxylic acids is 1. The second kappa shape index (κ2) is 5.82. The summed E-state index contributed by atoms with van der Waals surface area (Å²) in [4.78, 5) is 24.4. The minimum Gasteiger partial charge on any atom is -0.481 e. The van der Waals surface area contributed by atoms with E-state index in [-0.39, 0.29) is 24.1 Å². The number of benzene rings is 1. The highest BCUT2D eigenvalue weighted by Crippen LogP contribution is 2.18. The molecule has 1 aromatic carbocycles. The summed E-state index contributed by atoms with van der Waals surface area (Å²) in [5.41, 5.74) is 0.382. The molecule has 102 valence electrons. The van der Waals surface area contributed by atoms with E-state index >= 15 is 0 Å². The summed E-state index contributed by atoms with van der Waals surface area (Å²) in [7, 11) is 0. The zero-order valence-electron chi connectivity index (χ0n) is 10.5. The summed E-state index contributed by atoms with van der Waals surface area (Å²) in [5, 5.41) is 8.88. The van der Waals surface area contributed by atoms with Gasteiger partial charge in [0.05, 0.1) is 12.3 Å². The van der Waals surface area contributed by atoms with Gasteiger partial charge in [0, 0.05) is 13.1 Å². The molecular weight excluding hydrogens is 249 g/mol. The van der Waals surface area contributed by atoms with Crippen LogP contribution in [0, 0.1) is 11.7 Å². The second-order valence-electron chi connectivity index (χ2n) is 4.76. The molecule has 0 radical (unpaired) electrons. The van der Waals surface area contributed by atoms with E-state index in [1.54, 1.807) is 23.1 Å². The third kappa shape index (κ3) is 3.30. The molecule has 0 atom stereocenters. The van der Waals surface area contributed by atoms with Crippen molar-refractivity contribution < 1.29 is 19.1 Å². The Labute approximate surface area is 110 Å². The summed E-state index contributed by atoms with van der Waals surface area (Å²) < 4.78 is 13.4. The fraction of sp³-hybridized carbons (Fsp3) is 0.429. The number of rotatable bonds is 3. The Hall–Kier alpha value is -1.91. The molecule has 1 aliphatic rings. The fourth-order valence-electron chi connectivity index (χ4n) is 2.29. The van der Waals surface area contributed by atoms with Gasteiger partial charge in [-0.3, -0.25) is 9.59 Å². The van der Waals surface area contributed by atoms with E-state index in [0.717, 1.165) is 0 Å². The predicted molar refractivity (Wildman–Crippen MR) is 67.0 cm³/mol. The molecule has 1 heterocycles. The van der Waals surface area contributed by atoms with Gasteiger partial charge in [0.1, 0.15) is 5.82 Å². The number of carboxylic acid groups (broad SMARTS) is 1. The molecule has 2 rings (SSSR count). The number of aliphatic carboxylic acids is 1. The lowest BCUT2D eigenvalue weighted by molar-refractivity contribution is -0.145. The van der Waals surface area contributed by atoms with Crippen molar-refractivity contribution in [1.29, 1.82) is 0 Å². The Kier molecular flexibility index (Phi) is 4.14. The van der Waals surface area contributed by atoms with Crippen LogP contribution < -0.4 is 0 Å². The third-order valence-electron chi connectivity index (χ3n) is 3.50. The SMILES string of the molecule is O=C(O)C1CCN(C(=O)Cc2ccccc2F)CC1. The van der Waals surface area contributed by atoms with Crippen LogP contribution in [0.1, 0.15) is 18.4 Å². The minimum absolute atomic E-state index is 0.0322. The molecular formula is C14H16FNO3. The van der Waals surface area contributed by atoms with Crippen LogP contribution in [0.5, 0.6) is 0 Å². The Morgan fingerprint density at radius 3 is 2.47 bits per heavy atom. The number of nitrogens with zero attached hydrogens (tertiary/aromatic N) is 1. The van der Waals surface area contributed by atoms with Crippen molar-refractivity contribution in [2.45, 2.75) is 19.3 Å². The van der Waals surface area contributed by atoms with Crippen molar-refractivity contribution in [2.24, 2.45) is 5.92 Å². The quantitative estimate of drug-likeness (QED) is 0.904. The first kappa shape index (κ1) is 13.5. The lowest BCUT2D eigenvalue weighted by atomic mass is 9.96. The smallest absolute Gasteiger partial charge is 0.306 e. The van der Waals surface area contributed by atoms with Crippen molar-refractivity contribution in [1.82, 2.24) is 4.90 Å². The Morgan fingerprint density at radius 1 is 1.26 bits per heavy atom. The van der Waals surface area contributed by atoms with E-state index in [9.17, 15) is 14.0 Å². The highest BCUT2D eigenvalue weighted by atomic mass is 19.1. The number of carbonyl (C=O) groups is 2. The molecule has 5 heteroatoms. The summed E-state index contributed by atoms with van der Waals surface area (Å²) in [5.74, 6) is -1.69. The number of hydrogen-bond donors (Lipinski definition) is 1. The van der Waals surface area contributed by atoms with Crippen LogP contribution in [0.3, 0.4) is 0 Å². The van der Waals surface area contributed by atoms with Crippen LogP contribution in [0.2, 0.25) is 0 Å². The maximum Gasteiger partial charge on any atom is 0.306 e. The van der Waals surface area contributed by atoms with Gasteiger partial charge in [-0.2, -0.15) is 0 Å². The molecule has 1 N–H and O–H groups in total. The fourth-order valence-corrected chi connectivity index (χ4v) is 2.29. The van der Waals surface area contributed by atoms with Crippen molar-refractivity contribution in [3.05, 3.63) is 35.6 Å². The van der Waals surface area contributed by atoms with Gasteiger partial charge in [-0.15, -0.1) is 0 Å². The molecule has 0 aromatic heterocycles. The maximum absolute atomic E-state index is 13.4. The van der Waals surface area contributed by atoms with Gasteiger partial charge in [-0.1, -0.05) is 18.2 Å². The maximum atomic E-state index is 13.4. The molecule has 0 saturated carbocycles. The van der Waals surface area contributed by atoms with Gasteiger partial charge in [0.15, 0.2) is 0 Å². The number of carboxylic acids is 1. The predicted octanol–water partition coefficient (Wildman–Crippen LogP) is 1.69. The standard InChI is InChI=1S/C14H16FNO3/c15-12-4-2-1-3-11(12)9-13(17)16-7-5-10(6-8-16)14(18)19/h1-4,10H,5-9H2,(H,18,19). The van der Waals surface area contributed by atoms with Crippen LogP contribution >= 0.6 is 0 Å². The first-order valence-electron chi connectivity index (χ1n) is 6.32. The molecule has 1 fully saturated rings. The zero-order chi connectivity index (χ0) is 13.8. The normalized spacial score (nSPS) is 16.4. The van der Waals surface area contributed by atoms with Crippen LogP contribution in [-0.2, 0) is 16.0 Å². The van der Waals surface area contributed by atoms with Crippen molar-refractivity contribution in [3.8, 4) is 0 Å². The minimum atomic E-state index is -0.804. The van der Waals surface area contributed by atoms with E-state index in [1.807, 2.05) is 0 Å². The number of hydrogen-bond acceptors (Lipinski definition) is 2. The second-order valence-corrected chi connectivity index (χ2v) is 4.76. The molecule has 0 aliphatic carbocycles. The van der Waals surface area contributed by atoms with Gasteiger partial charge in [-0.05, 0) is 24.5 Å². The molecule has 1 aromatic rings. The lowest BCUT2D eigenvalue weighted by Crippen LogP contribution is -2.41.